The van der Waals surface area contributed by atoms with Gasteiger partial charge in [-0.2, -0.15) is 4.31 Å². The first-order chi connectivity index (χ1) is 13.9. The van der Waals surface area contributed by atoms with Gasteiger partial charge in [-0.1, -0.05) is 25.1 Å². The highest BCUT2D eigenvalue weighted by Gasteiger charge is 2.29. The minimum Gasteiger partial charge on any atom is -0.345 e. The number of amides is 1. The standard InChI is InChI=1S/C22H26N2O3S2/c1-16-5-4-13-24(15-16)29(26,27)18-10-8-17(9-11-18)22(25)23-20-12-14-28-21-7-3-2-6-19(20)21/h2-3,6-11,16,20H,4-5,12-15H2,1H3,(H,23,25)/t16-,20-/m0/s1. The van der Waals surface area contributed by atoms with Gasteiger partial charge in [0.1, 0.15) is 0 Å². The minimum atomic E-state index is -3.51. The van der Waals surface area contributed by atoms with Gasteiger partial charge >= 0.3 is 0 Å². The van der Waals surface area contributed by atoms with Crippen LogP contribution in [0.25, 0.3) is 0 Å². The van der Waals surface area contributed by atoms with Crippen LogP contribution in [-0.4, -0.2) is 37.5 Å². The van der Waals surface area contributed by atoms with Crippen molar-refractivity contribution in [3.05, 3.63) is 59.7 Å². The highest BCUT2D eigenvalue weighted by Crippen LogP contribution is 2.36. The fourth-order valence-corrected chi connectivity index (χ4v) is 6.75. The van der Waals surface area contributed by atoms with Crippen molar-refractivity contribution in [3.63, 3.8) is 0 Å². The third-order valence-electron chi connectivity index (χ3n) is 5.64. The summed E-state index contributed by atoms with van der Waals surface area (Å²) in [5.41, 5.74) is 1.63. The Kier molecular flexibility index (Phi) is 5.99. The van der Waals surface area contributed by atoms with Gasteiger partial charge in [-0.3, -0.25) is 4.79 Å². The largest absolute Gasteiger partial charge is 0.345 e. The SMILES string of the molecule is C[C@H]1CCCN(S(=O)(=O)c2ccc(C(=O)N[C@H]3CCSc4ccccc43)cc2)C1. The molecule has 0 unspecified atom stereocenters. The molecule has 2 aliphatic rings. The molecule has 5 nitrogen and oxygen atoms in total. The lowest BCUT2D eigenvalue weighted by atomic mass is 10.0. The molecule has 7 heteroatoms. The van der Waals surface area contributed by atoms with E-state index >= 15 is 0 Å². The number of hydrogen-bond donors (Lipinski definition) is 1. The Labute approximate surface area is 176 Å². The molecule has 0 bridgehead atoms. The number of sulfonamides is 1. The summed E-state index contributed by atoms with van der Waals surface area (Å²) in [7, 11) is -3.51. The number of carbonyl (C=O) groups is 1. The molecule has 1 fully saturated rings. The van der Waals surface area contributed by atoms with Crippen LogP contribution in [0.5, 0.6) is 0 Å². The number of fused-ring (bicyclic) bond motifs is 1. The summed E-state index contributed by atoms with van der Waals surface area (Å²) in [6.45, 7) is 3.20. The highest BCUT2D eigenvalue weighted by molar-refractivity contribution is 7.99. The summed E-state index contributed by atoms with van der Waals surface area (Å²) < 4.78 is 27.3. The first-order valence-corrected chi connectivity index (χ1v) is 12.5. The van der Waals surface area contributed by atoms with Gasteiger partial charge in [0.25, 0.3) is 5.91 Å². The summed E-state index contributed by atoms with van der Waals surface area (Å²) in [6.07, 6.45) is 2.84. The molecule has 2 heterocycles. The lowest BCUT2D eigenvalue weighted by molar-refractivity contribution is 0.0935. The average molecular weight is 431 g/mol. The molecule has 2 atom stereocenters. The maximum atomic E-state index is 12.9. The Morgan fingerprint density at radius 1 is 1.10 bits per heavy atom. The van der Waals surface area contributed by atoms with E-state index in [1.54, 1.807) is 28.6 Å². The molecule has 29 heavy (non-hydrogen) atoms. The number of hydrogen-bond acceptors (Lipinski definition) is 4. The first-order valence-electron chi connectivity index (χ1n) is 10.1. The molecule has 0 aromatic heterocycles. The molecule has 1 amide bonds. The van der Waals surface area contributed by atoms with Crippen molar-refractivity contribution in [2.75, 3.05) is 18.8 Å². The third-order valence-corrected chi connectivity index (χ3v) is 8.64. The summed E-state index contributed by atoms with van der Waals surface area (Å²) in [5, 5.41) is 3.11. The van der Waals surface area contributed by atoms with Crippen LogP contribution >= 0.6 is 11.8 Å². The van der Waals surface area contributed by atoms with Crippen molar-refractivity contribution < 1.29 is 13.2 Å². The van der Waals surface area contributed by atoms with Gasteiger partial charge in [0.15, 0.2) is 0 Å². The molecule has 0 spiro atoms. The van der Waals surface area contributed by atoms with Crippen LogP contribution in [0.15, 0.2) is 58.3 Å². The van der Waals surface area contributed by atoms with Crippen molar-refractivity contribution in [2.24, 2.45) is 5.92 Å². The van der Waals surface area contributed by atoms with Gasteiger partial charge in [-0.15, -0.1) is 11.8 Å². The molecular weight excluding hydrogens is 404 g/mol. The second-order valence-electron chi connectivity index (χ2n) is 7.84. The first kappa shape index (κ1) is 20.4. The lowest BCUT2D eigenvalue weighted by Gasteiger charge is -2.30. The van der Waals surface area contributed by atoms with E-state index in [9.17, 15) is 13.2 Å². The van der Waals surface area contributed by atoms with E-state index in [0.29, 0.717) is 24.6 Å². The fourth-order valence-electron chi connectivity index (χ4n) is 4.03. The highest BCUT2D eigenvalue weighted by atomic mass is 32.2. The molecule has 4 rings (SSSR count). The maximum absolute atomic E-state index is 12.9. The molecular formula is C22H26N2O3S2. The molecule has 0 radical (unpaired) electrons. The van der Waals surface area contributed by atoms with Gasteiger partial charge in [-0.25, -0.2) is 8.42 Å². The second kappa shape index (κ2) is 8.50. The van der Waals surface area contributed by atoms with Crippen LogP contribution in [0.3, 0.4) is 0 Å². The van der Waals surface area contributed by atoms with Crippen LogP contribution < -0.4 is 5.32 Å². The zero-order valence-corrected chi connectivity index (χ0v) is 18.1. The number of nitrogens with zero attached hydrogens (tertiary/aromatic N) is 1. The van der Waals surface area contributed by atoms with Crippen molar-refractivity contribution in [2.45, 2.75) is 42.0 Å². The van der Waals surface area contributed by atoms with E-state index in [1.165, 1.54) is 4.90 Å². The number of benzene rings is 2. The van der Waals surface area contributed by atoms with Gasteiger partial charge in [0.05, 0.1) is 10.9 Å². The Morgan fingerprint density at radius 3 is 2.62 bits per heavy atom. The number of thioether (sulfide) groups is 1. The molecule has 1 N–H and O–H groups in total. The zero-order chi connectivity index (χ0) is 20.4. The van der Waals surface area contributed by atoms with Gasteiger partial charge in [0, 0.05) is 29.3 Å². The maximum Gasteiger partial charge on any atom is 0.251 e. The van der Waals surface area contributed by atoms with E-state index in [0.717, 1.165) is 30.6 Å². The van der Waals surface area contributed by atoms with Crippen molar-refractivity contribution in [3.8, 4) is 0 Å². The summed E-state index contributed by atoms with van der Waals surface area (Å²) in [5.74, 6) is 1.17. The minimum absolute atomic E-state index is 0.0156. The zero-order valence-electron chi connectivity index (χ0n) is 16.5. The van der Waals surface area contributed by atoms with Crippen LogP contribution in [0.2, 0.25) is 0 Å². The topological polar surface area (TPSA) is 66.5 Å². The molecule has 0 saturated carbocycles. The Bertz CT molecular complexity index is 989. The van der Waals surface area contributed by atoms with Crippen LogP contribution in [0.4, 0.5) is 0 Å². The lowest BCUT2D eigenvalue weighted by Crippen LogP contribution is -2.39. The van der Waals surface area contributed by atoms with E-state index in [1.807, 2.05) is 23.9 Å². The van der Waals surface area contributed by atoms with Gasteiger partial charge in [-0.05, 0) is 61.1 Å². The van der Waals surface area contributed by atoms with E-state index in [2.05, 4.69) is 24.4 Å². The average Bonchev–Trinajstić information content (AvgIpc) is 2.74. The molecule has 1 saturated heterocycles. The number of piperidine rings is 1. The van der Waals surface area contributed by atoms with Gasteiger partial charge < -0.3 is 5.32 Å². The van der Waals surface area contributed by atoms with Crippen LogP contribution in [-0.2, 0) is 10.0 Å². The van der Waals surface area contributed by atoms with Crippen molar-refractivity contribution in [1.29, 1.82) is 0 Å². The predicted octanol–water partition coefficient (Wildman–Crippen LogP) is 4.07. The molecule has 2 aromatic rings. The fraction of sp³-hybridized carbons (Fsp3) is 0.409. The van der Waals surface area contributed by atoms with E-state index < -0.39 is 10.0 Å². The Morgan fingerprint density at radius 2 is 1.86 bits per heavy atom. The van der Waals surface area contributed by atoms with Gasteiger partial charge in [0.2, 0.25) is 10.0 Å². The second-order valence-corrected chi connectivity index (χ2v) is 10.9. The van der Waals surface area contributed by atoms with Crippen molar-refractivity contribution >= 4 is 27.7 Å². The summed E-state index contributed by atoms with van der Waals surface area (Å²) in [6, 6.07) is 14.4. The number of carbonyl (C=O) groups excluding carboxylic acids is 1. The normalized spacial score (nSPS) is 22.7. The van der Waals surface area contributed by atoms with E-state index in [4.69, 9.17) is 0 Å². The molecule has 2 aliphatic heterocycles. The molecule has 0 aliphatic carbocycles. The van der Waals surface area contributed by atoms with Crippen LogP contribution in [0.1, 0.15) is 48.1 Å². The van der Waals surface area contributed by atoms with Crippen LogP contribution in [0, 0.1) is 5.92 Å². The summed E-state index contributed by atoms with van der Waals surface area (Å²) >= 11 is 1.81. The Hall–Kier alpha value is -1.83. The molecule has 2 aromatic carbocycles. The molecule has 154 valence electrons. The number of nitrogens with one attached hydrogen (secondary N) is 1. The Balaban J connectivity index is 1.47. The van der Waals surface area contributed by atoms with E-state index in [-0.39, 0.29) is 16.8 Å². The quantitative estimate of drug-likeness (QED) is 0.794. The predicted molar refractivity (Wildman–Crippen MR) is 116 cm³/mol. The smallest absolute Gasteiger partial charge is 0.251 e. The number of rotatable bonds is 4. The third kappa shape index (κ3) is 4.37. The monoisotopic (exact) mass is 430 g/mol. The summed E-state index contributed by atoms with van der Waals surface area (Å²) in [4.78, 5) is 14.2. The van der Waals surface area contributed by atoms with Crippen molar-refractivity contribution in [1.82, 2.24) is 9.62 Å².